The number of carbonyl (C=O) groups excluding carboxylic acids is 1. The summed E-state index contributed by atoms with van der Waals surface area (Å²) >= 11 is 0. The highest BCUT2D eigenvalue weighted by Gasteiger charge is 2.19. The summed E-state index contributed by atoms with van der Waals surface area (Å²) in [4.78, 5) is 34.2. The Morgan fingerprint density at radius 2 is 2.10 bits per heavy atom. The molecular weight excluding hydrogens is 380 g/mol. The van der Waals surface area contributed by atoms with E-state index in [4.69, 9.17) is 4.74 Å². The predicted octanol–water partition coefficient (Wildman–Crippen LogP) is 2.63. The molecule has 1 atom stereocenters. The molecule has 3 aromatic rings. The van der Waals surface area contributed by atoms with Gasteiger partial charge in [-0.1, -0.05) is 19.1 Å². The lowest BCUT2D eigenvalue weighted by Gasteiger charge is -2.20. The van der Waals surface area contributed by atoms with Gasteiger partial charge in [0.2, 0.25) is 5.91 Å². The number of benzene rings is 1. The number of aryl methyl sites for hydroxylation is 1. The van der Waals surface area contributed by atoms with Gasteiger partial charge in [-0.15, -0.1) is 0 Å². The lowest BCUT2D eigenvalue weighted by Crippen LogP contribution is -2.32. The minimum atomic E-state index is -0.244. The van der Waals surface area contributed by atoms with E-state index >= 15 is 0 Å². The third-order valence-electron chi connectivity index (χ3n) is 5.46. The number of ether oxygens (including phenoxy) is 1. The van der Waals surface area contributed by atoms with Gasteiger partial charge in [-0.3, -0.25) is 14.2 Å². The first-order valence-corrected chi connectivity index (χ1v) is 10.4. The minimum Gasteiger partial charge on any atom is -0.494 e. The number of nitrogens with one attached hydrogen (secondary N) is 1. The zero-order valence-electron chi connectivity index (χ0n) is 17.4. The van der Waals surface area contributed by atoms with Crippen molar-refractivity contribution in [3.63, 3.8) is 0 Å². The SMILES string of the molecule is CCOc1ccc(CNC(=O)Cn2cnc3nc4c(cc3c2=O)C[C@@H](C)CC4)cc1. The first kappa shape index (κ1) is 20.1. The first-order valence-electron chi connectivity index (χ1n) is 10.4. The maximum Gasteiger partial charge on any atom is 0.263 e. The van der Waals surface area contributed by atoms with E-state index in [0.717, 1.165) is 41.8 Å². The Kier molecular flexibility index (Phi) is 5.79. The first-order chi connectivity index (χ1) is 14.5. The molecular formula is C23H26N4O3. The van der Waals surface area contributed by atoms with Crippen LogP contribution in [0.2, 0.25) is 0 Å². The molecule has 0 fully saturated rings. The number of pyridine rings is 1. The van der Waals surface area contributed by atoms with Crippen molar-refractivity contribution in [2.45, 2.75) is 46.2 Å². The van der Waals surface area contributed by atoms with Crippen LogP contribution in [0.15, 0.2) is 41.5 Å². The van der Waals surface area contributed by atoms with Gasteiger partial charge >= 0.3 is 0 Å². The molecule has 0 bridgehead atoms. The van der Waals surface area contributed by atoms with Crippen molar-refractivity contribution in [2.75, 3.05) is 6.61 Å². The summed E-state index contributed by atoms with van der Waals surface area (Å²) in [5.74, 6) is 1.14. The van der Waals surface area contributed by atoms with E-state index in [-0.39, 0.29) is 18.0 Å². The van der Waals surface area contributed by atoms with Crippen molar-refractivity contribution in [3.8, 4) is 5.75 Å². The molecule has 1 aliphatic carbocycles. The van der Waals surface area contributed by atoms with E-state index in [9.17, 15) is 9.59 Å². The summed E-state index contributed by atoms with van der Waals surface area (Å²) < 4.78 is 6.76. The van der Waals surface area contributed by atoms with Gasteiger partial charge in [0.25, 0.3) is 5.56 Å². The monoisotopic (exact) mass is 406 g/mol. The zero-order chi connectivity index (χ0) is 21.1. The summed E-state index contributed by atoms with van der Waals surface area (Å²) in [5, 5.41) is 3.32. The molecule has 2 aromatic heterocycles. The molecule has 0 radical (unpaired) electrons. The smallest absolute Gasteiger partial charge is 0.263 e. The van der Waals surface area contributed by atoms with Crippen molar-refractivity contribution in [3.05, 3.63) is 63.8 Å². The second-order valence-electron chi connectivity index (χ2n) is 7.84. The molecule has 1 aromatic carbocycles. The molecule has 1 amide bonds. The second-order valence-corrected chi connectivity index (χ2v) is 7.84. The Balaban J connectivity index is 1.46. The van der Waals surface area contributed by atoms with Crippen LogP contribution >= 0.6 is 0 Å². The fraction of sp³-hybridized carbons (Fsp3) is 0.391. The molecule has 0 spiro atoms. The van der Waals surface area contributed by atoms with Gasteiger partial charge in [0.1, 0.15) is 18.6 Å². The third kappa shape index (κ3) is 4.35. The fourth-order valence-corrected chi connectivity index (χ4v) is 3.82. The van der Waals surface area contributed by atoms with E-state index in [1.807, 2.05) is 37.3 Å². The number of hydrogen-bond acceptors (Lipinski definition) is 5. The molecule has 0 saturated heterocycles. The Bertz CT molecular complexity index is 1120. The van der Waals surface area contributed by atoms with Crippen LogP contribution in [0.4, 0.5) is 0 Å². The minimum absolute atomic E-state index is 0.0771. The molecule has 0 unspecified atom stereocenters. The van der Waals surface area contributed by atoms with Crippen LogP contribution < -0.4 is 15.6 Å². The van der Waals surface area contributed by atoms with Gasteiger partial charge in [-0.05, 0) is 61.4 Å². The highest BCUT2D eigenvalue weighted by molar-refractivity contribution is 5.77. The van der Waals surface area contributed by atoms with Crippen molar-refractivity contribution in [2.24, 2.45) is 5.92 Å². The van der Waals surface area contributed by atoms with Crippen molar-refractivity contribution >= 4 is 16.9 Å². The summed E-state index contributed by atoms with van der Waals surface area (Å²) in [6, 6.07) is 9.47. The molecule has 2 heterocycles. The number of nitrogens with zero attached hydrogens (tertiary/aromatic N) is 3. The molecule has 4 rings (SSSR count). The fourth-order valence-electron chi connectivity index (χ4n) is 3.82. The van der Waals surface area contributed by atoms with Crippen LogP contribution in [0.1, 0.15) is 37.1 Å². The van der Waals surface area contributed by atoms with E-state index in [2.05, 4.69) is 22.2 Å². The quantitative estimate of drug-likeness (QED) is 0.680. The summed E-state index contributed by atoms with van der Waals surface area (Å²) in [6.45, 7) is 5.06. The number of carbonyl (C=O) groups is 1. The average Bonchev–Trinajstić information content (AvgIpc) is 2.74. The van der Waals surface area contributed by atoms with Crippen LogP contribution in [-0.4, -0.2) is 27.0 Å². The number of hydrogen-bond donors (Lipinski definition) is 1. The molecule has 1 N–H and O–H groups in total. The zero-order valence-corrected chi connectivity index (χ0v) is 17.4. The Morgan fingerprint density at radius 1 is 1.30 bits per heavy atom. The topological polar surface area (TPSA) is 86.1 Å². The van der Waals surface area contributed by atoms with Gasteiger partial charge in [0.15, 0.2) is 5.65 Å². The van der Waals surface area contributed by atoms with Crippen LogP contribution in [-0.2, 0) is 30.7 Å². The van der Waals surface area contributed by atoms with Crippen molar-refractivity contribution in [1.29, 1.82) is 0 Å². The Labute approximate surface area is 175 Å². The molecule has 30 heavy (non-hydrogen) atoms. The van der Waals surface area contributed by atoms with Gasteiger partial charge < -0.3 is 10.1 Å². The van der Waals surface area contributed by atoms with Crippen LogP contribution in [0.3, 0.4) is 0 Å². The lowest BCUT2D eigenvalue weighted by molar-refractivity contribution is -0.121. The largest absolute Gasteiger partial charge is 0.494 e. The number of aromatic nitrogens is 3. The highest BCUT2D eigenvalue weighted by Crippen LogP contribution is 2.25. The number of amides is 1. The second kappa shape index (κ2) is 8.65. The number of fused-ring (bicyclic) bond motifs is 2. The van der Waals surface area contributed by atoms with E-state index < -0.39 is 0 Å². The highest BCUT2D eigenvalue weighted by atomic mass is 16.5. The molecule has 1 aliphatic rings. The van der Waals surface area contributed by atoms with E-state index in [0.29, 0.717) is 30.1 Å². The Hall–Kier alpha value is -3.22. The average molecular weight is 406 g/mol. The molecule has 0 saturated carbocycles. The molecule has 7 heteroatoms. The Morgan fingerprint density at radius 3 is 2.87 bits per heavy atom. The van der Waals surface area contributed by atoms with Gasteiger partial charge in [0.05, 0.1) is 12.0 Å². The summed E-state index contributed by atoms with van der Waals surface area (Å²) in [5.41, 5.74) is 3.35. The molecule has 0 aliphatic heterocycles. The van der Waals surface area contributed by atoms with Crippen molar-refractivity contribution < 1.29 is 9.53 Å². The summed E-state index contributed by atoms with van der Waals surface area (Å²) in [7, 11) is 0. The van der Waals surface area contributed by atoms with E-state index in [1.165, 1.54) is 10.9 Å². The summed E-state index contributed by atoms with van der Waals surface area (Å²) in [6.07, 6.45) is 4.36. The van der Waals surface area contributed by atoms with E-state index in [1.54, 1.807) is 0 Å². The van der Waals surface area contributed by atoms with Gasteiger partial charge in [-0.25, -0.2) is 9.97 Å². The lowest BCUT2D eigenvalue weighted by atomic mass is 9.87. The third-order valence-corrected chi connectivity index (χ3v) is 5.46. The standard InChI is InChI=1S/C23H26N4O3/c1-3-30-18-7-5-16(6-8-18)12-24-21(28)13-27-14-25-22-19(23(27)29)11-17-10-15(2)4-9-20(17)26-22/h5-8,11,14-15H,3-4,9-10,12-13H2,1-2H3,(H,24,28)/t15-/m0/s1. The molecule has 156 valence electrons. The van der Waals surface area contributed by atoms with Crippen LogP contribution in [0, 0.1) is 5.92 Å². The van der Waals surface area contributed by atoms with Crippen LogP contribution in [0.5, 0.6) is 5.75 Å². The van der Waals surface area contributed by atoms with Crippen LogP contribution in [0.25, 0.3) is 11.0 Å². The van der Waals surface area contributed by atoms with Gasteiger partial charge in [-0.2, -0.15) is 0 Å². The molecule has 7 nitrogen and oxygen atoms in total. The maximum atomic E-state index is 12.9. The van der Waals surface area contributed by atoms with Crippen molar-refractivity contribution in [1.82, 2.24) is 19.9 Å². The normalized spacial score (nSPS) is 15.6. The maximum absolute atomic E-state index is 12.9. The van der Waals surface area contributed by atoms with Gasteiger partial charge in [0, 0.05) is 12.2 Å². The number of rotatable bonds is 6. The predicted molar refractivity (Wildman–Crippen MR) is 114 cm³/mol.